The number of hydrogen-bond acceptors (Lipinski definition) is 3. The fourth-order valence-electron chi connectivity index (χ4n) is 1.08. The van der Waals surface area contributed by atoms with E-state index in [0.29, 0.717) is 5.88 Å². The van der Waals surface area contributed by atoms with Gasteiger partial charge in [-0.05, 0) is 33.8 Å². The largest absolute Gasteiger partial charge is 0.475 e. The molecule has 78 valence electrons. The highest BCUT2D eigenvalue weighted by Crippen LogP contribution is 2.17. The van der Waals surface area contributed by atoms with Gasteiger partial charge in [0.15, 0.2) is 0 Å². The molecule has 3 heteroatoms. The van der Waals surface area contributed by atoms with Crippen LogP contribution in [0.2, 0.25) is 0 Å². The quantitative estimate of drug-likeness (QED) is 0.801. The van der Waals surface area contributed by atoms with E-state index >= 15 is 0 Å². The number of ether oxygens (including phenoxy) is 1. The van der Waals surface area contributed by atoms with Crippen molar-refractivity contribution < 1.29 is 4.74 Å². The Labute approximate surface area is 85.3 Å². The van der Waals surface area contributed by atoms with Crippen molar-refractivity contribution in [3.8, 4) is 5.88 Å². The van der Waals surface area contributed by atoms with Crippen LogP contribution in [0.25, 0.3) is 0 Å². The molecule has 3 nitrogen and oxygen atoms in total. The maximum atomic E-state index is 5.94. The number of aromatic nitrogens is 1. The van der Waals surface area contributed by atoms with Crippen LogP contribution in [0, 0.1) is 0 Å². The lowest BCUT2D eigenvalue weighted by Crippen LogP contribution is -2.30. The van der Waals surface area contributed by atoms with Gasteiger partial charge in [-0.1, -0.05) is 6.07 Å². The Kier molecular flexibility index (Phi) is 3.11. The average Bonchev–Trinajstić information content (AvgIpc) is 2.01. The molecule has 0 amide bonds. The molecule has 0 unspecified atom stereocenters. The zero-order valence-electron chi connectivity index (χ0n) is 9.24. The van der Waals surface area contributed by atoms with Crippen molar-refractivity contribution in [1.29, 1.82) is 0 Å². The first-order valence-corrected chi connectivity index (χ1v) is 4.82. The van der Waals surface area contributed by atoms with Crippen molar-refractivity contribution in [2.75, 3.05) is 0 Å². The summed E-state index contributed by atoms with van der Waals surface area (Å²) in [5, 5.41) is 0. The standard InChI is InChI=1S/C11H18N2O/c1-8(2)14-10-7-5-6-9(13-10)11(3,4)12/h5-8H,12H2,1-4H3. The maximum Gasteiger partial charge on any atom is 0.213 e. The highest BCUT2D eigenvalue weighted by atomic mass is 16.5. The van der Waals surface area contributed by atoms with Gasteiger partial charge in [0.1, 0.15) is 0 Å². The van der Waals surface area contributed by atoms with Crippen LogP contribution in [0.3, 0.4) is 0 Å². The zero-order chi connectivity index (χ0) is 10.8. The molecule has 1 heterocycles. The lowest BCUT2D eigenvalue weighted by Gasteiger charge is -2.19. The Bertz CT molecular complexity index is 302. The van der Waals surface area contributed by atoms with E-state index in [-0.39, 0.29) is 6.10 Å². The molecule has 14 heavy (non-hydrogen) atoms. The van der Waals surface area contributed by atoms with Crippen LogP contribution < -0.4 is 10.5 Å². The van der Waals surface area contributed by atoms with E-state index in [1.165, 1.54) is 0 Å². The predicted molar refractivity (Wildman–Crippen MR) is 57.2 cm³/mol. The Morgan fingerprint density at radius 1 is 1.36 bits per heavy atom. The van der Waals surface area contributed by atoms with Gasteiger partial charge in [0.05, 0.1) is 17.3 Å². The molecule has 1 rings (SSSR count). The highest BCUT2D eigenvalue weighted by molar-refractivity contribution is 5.20. The van der Waals surface area contributed by atoms with Gasteiger partial charge in [-0.25, -0.2) is 4.98 Å². The molecule has 0 fully saturated rings. The molecule has 1 aromatic rings. The summed E-state index contributed by atoms with van der Waals surface area (Å²) in [6.45, 7) is 7.80. The molecule has 0 saturated heterocycles. The van der Waals surface area contributed by atoms with Gasteiger partial charge in [0.25, 0.3) is 0 Å². The fourth-order valence-corrected chi connectivity index (χ4v) is 1.08. The number of hydrogen-bond donors (Lipinski definition) is 1. The van der Waals surface area contributed by atoms with Crippen molar-refractivity contribution in [2.24, 2.45) is 5.73 Å². The number of pyridine rings is 1. The molecular formula is C11H18N2O. The van der Waals surface area contributed by atoms with Gasteiger partial charge < -0.3 is 10.5 Å². The topological polar surface area (TPSA) is 48.1 Å². The molecule has 0 aliphatic heterocycles. The molecule has 0 bridgehead atoms. The zero-order valence-corrected chi connectivity index (χ0v) is 9.24. The van der Waals surface area contributed by atoms with E-state index < -0.39 is 5.54 Å². The molecule has 0 aliphatic rings. The first-order valence-electron chi connectivity index (χ1n) is 4.82. The normalized spacial score (nSPS) is 11.9. The van der Waals surface area contributed by atoms with Crippen molar-refractivity contribution in [3.05, 3.63) is 23.9 Å². The van der Waals surface area contributed by atoms with E-state index in [1.54, 1.807) is 0 Å². The summed E-state index contributed by atoms with van der Waals surface area (Å²) in [6, 6.07) is 5.66. The molecule has 0 saturated carbocycles. The Morgan fingerprint density at radius 3 is 2.50 bits per heavy atom. The second-order valence-corrected chi connectivity index (χ2v) is 4.25. The summed E-state index contributed by atoms with van der Waals surface area (Å²) in [6.07, 6.45) is 0.138. The molecule has 1 aromatic heterocycles. The van der Waals surface area contributed by atoms with Crippen LogP contribution >= 0.6 is 0 Å². The number of nitrogens with two attached hydrogens (primary N) is 1. The summed E-state index contributed by atoms with van der Waals surface area (Å²) in [5.74, 6) is 0.635. The minimum Gasteiger partial charge on any atom is -0.475 e. The van der Waals surface area contributed by atoms with Crippen molar-refractivity contribution in [3.63, 3.8) is 0 Å². The van der Waals surface area contributed by atoms with E-state index in [9.17, 15) is 0 Å². The van der Waals surface area contributed by atoms with Crippen LogP contribution in [-0.4, -0.2) is 11.1 Å². The average molecular weight is 194 g/mol. The first kappa shape index (κ1) is 11.0. The number of nitrogens with zero attached hydrogens (tertiary/aromatic N) is 1. The van der Waals surface area contributed by atoms with Crippen LogP contribution in [0.4, 0.5) is 0 Å². The smallest absolute Gasteiger partial charge is 0.213 e. The summed E-state index contributed by atoms with van der Waals surface area (Å²) in [4.78, 5) is 4.34. The Morgan fingerprint density at radius 2 is 2.00 bits per heavy atom. The van der Waals surface area contributed by atoms with Crippen LogP contribution in [0.1, 0.15) is 33.4 Å². The monoisotopic (exact) mass is 194 g/mol. The van der Waals surface area contributed by atoms with Crippen LogP contribution in [-0.2, 0) is 5.54 Å². The van der Waals surface area contributed by atoms with E-state index in [4.69, 9.17) is 10.5 Å². The van der Waals surface area contributed by atoms with Crippen molar-refractivity contribution in [2.45, 2.75) is 39.3 Å². The van der Waals surface area contributed by atoms with E-state index in [2.05, 4.69) is 4.98 Å². The summed E-state index contributed by atoms with van der Waals surface area (Å²) < 4.78 is 5.48. The molecule has 0 atom stereocenters. The Balaban J connectivity index is 2.90. The third-order valence-electron chi connectivity index (χ3n) is 1.74. The maximum absolute atomic E-state index is 5.94. The number of rotatable bonds is 3. The first-order chi connectivity index (χ1) is 6.39. The molecule has 0 aliphatic carbocycles. The van der Waals surface area contributed by atoms with Gasteiger partial charge in [-0.2, -0.15) is 0 Å². The molecule has 0 spiro atoms. The van der Waals surface area contributed by atoms with E-state index in [1.807, 2.05) is 45.9 Å². The second-order valence-electron chi connectivity index (χ2n) is 4.25. The Hall–Kier alpha value is -1.09. The minimum atomic E-state index is -0.420. The predicted octanol–water partition coefficient (Wildman–Crippen LogP) is 2.06. The van der Waals surface area contributed by atoms with Gasteiger partial charge in [0, 0.05) is 6.07 Å². The lowest BCUT2D eigenvalue weighted by molar-refractivity contribution is 0.231. The SMILES string of the molecule is CC(C)Oc1cccc(C(C)(C)N)n1. The van der Waals surface area contributed by atoms with Gasteiger partial charge in [-0.3, -0.25) is 0 Å². The van der Waals surface area contributed by atoms with Crippen LogP contribution in [0.15, 0.2) is 18.2 Å². The summed E-state index contributed by atoms with van der Waals surface area (Å²) in [7, 11) is 0. The summed E-state index contributed by atoms with van der Waals surface area (Å²) >= 11 is 0. The molecule has 2 N–H and O–H groups in total. The van der Waals surface area contributed by atoms with Crippen molar-refractivity contribution in [1.82, 2.24) is 4.98 Å². The third-order valence-corrected chi connectivity index (χ3v) is 1.74. The van der Waals surface area contributed by atoms with E-state index in [0.717, 1.165) is 5.69 Å². The second kappa shape index (κ2) is 3.96. The van der Waals surface area contributed by atoms with Crippen molar-refractivity contribution >= 4 is 0 Å². The molecular weight excluding hydrogens is 176 g/mol. The molecule has 0 radical (unpaired) electrons. The van der Waals surface area contributed by atoms with Gasteiger partial charge in [0.2, 0.25) is 5.88 Å². The third kappa shape index (κ3) is 3.00. The minimum absolute atomic E-state index is 0.138. The van der Waals surface area contributed by atoms with Gasteiger partial charge >= 0.3 is 0 Å². The molecule has 0 aromatic carbocycles. The van der Waals surface area contributed by atoms with Crippen LogP contribution in [0.5, 0.6) is 5.88 Å². The van der Waals surface area contributed by atoms with Gasteiger partial charge in [-0.15, -0.1) is 0 Å². The fraction of sp³-hybridized carbons (Fsp3) is 0.545. The lowest BCUT2D eigenvalue weighted by atomic mass is 10.0. The summed E-state index contributed by atoms with van der Waals surface area (Å²) in [5.41, 5.74) is 6.36. The highest BCUT2D eigenvalue weighted by Gasteiger charge is 2.16.